The van der Waals surface area contributed by atoms with E-state index in [4.69, 9.17) is 31.0 Å². The van der Waals surface area contributed by atoms with Crippen LogP contribution in [-0.2, 0) is 41.5 Å². The Balaban J connectivity index is -0.000000111. The van der Waals surface area contributed by atoms with Gasteiger partial charge in [0.2, 0.25) is 0 Å². The van der Waals surface area contributed by atoms with Gasteiger partial charge in [-0.2, -0.15) is 26.3 Å². The molecule has 0 bridgehead atoms. The van der Waals surface area contributed by atoms with Crippen molar-refractivity contribution in [3.63, 3.8) is 0 Å². The summed E-state index contributed by atoms with van der Waals surface area (Å²) in [5.74, 6) is 0. The topological polar surface area (TPSA) is 144 Å². The summed E-state index contributed by atoms with van der Waals surface area (Å²) >= 11 is 0. The number of hydrogen-bond donors (Lipinski definition) is 1. The van der Waals surface area contributed by atoms with Crippen molar-refractivity contribution in [1.29, 1.82) is 0 Å². The first-order chi connectivity index (χ1) is 8.91. The third-order valence-corrected chi connectivity index (χ3v) is 2.00. The summed E-state index contributed by atoms with van der Waals surface area (Å²) in [5.41, 5.74) is -11.3. The molecule has 0 aliphatic rings. The minimum atomic E-state index is -6.09. The minimum Gasteiger partial charge on any atom is -0.741 e. The summed E-state index contributed by atoms with van der Waals surface area (Å²) in [4.78, 5) is 0. The molecule has 140 valence electrons. The van der Waals surface area contributed by atoms with E-state index in [1.54, 1.807) is 7.11 Å². The minimum absolute atomic E-state index is 0. The Hall–Kier alpha value is -0.186. The Labute approximate surface area is 130 Å². The van der Waals surface area contributed by atoms with Crippen molar-refractivity contribution in [2.45, 2.75) is 11.0 Å². The molecule has 0 amide bonds. The zero-order chi connectivity index (χ0) is 18.1. The fourth-order valence-corrected chi connectivity index (χ4v) is 0.0913. The van der Waals surface area contributed by atoms with Crippen LogP contribution >= 0.6 is 0 Å². The maximum atomic E-state index is 10.7. The van der Waals surface area contributed by atoms with Gasteiger partial charge < -0.3 is 18.9 Å². The maximum Gasteiger partial charge on any atom is 2.00 e. The van der Waals surface area contributed by atoms with Crippen molar-refractivity contribution in [3.8, 4) is 0 Å². The normalized spacial score (nSPS) is 12.1. The van der Waals surface area contributed by atoms with Gasteiger partial charge in [0.1, 0.15) is 0 Å². The van der Waals surface area contributed by atoms with Gasteiger partial charge >= 0.3 is 27.5 Å². The number of aliphatic hydroxyl groups excluding tert-OH is 1. The average molecular weight is 433 g/mol. The first-order valence-corrected chi connectivity index (χ1v) is 6.87. The standard InChI is InChI=1S/C3H8O2.2CHF3O3S.Ni/c1-5-3-2-4;2*2-1(3,4)8(5,6)7;/h4H,2-3H2,1H3;2*(H,5,6,7);/q;;;+2/p-2. The van der Waals surface area contributed by atoms with Gasteiger partial charge in [0, 0.05) is 7.11 Å². The Morgan fingerprint density at radius 1 is 0.909 bits per heavy atom. The monoisotopic (exact) mass is 432 g/mol. The molecular weight excluding hydrogens is 425 g/mol. The molecule has 17 heteroatoms. The van der Waals surface area contributed by atoms with Crippen LogP contribution in [0.2, 0.25) is 0 Å². The second-order valence-electron chi connectivity index (χ2n) is 2.52. The number of ether oxygens (including phenoxy) is 1. The van der Waals surface area contributed by atoms with Gasteiger partial charge in [0.25, 0.3) is 0 Å². The van der Waals surface area contributed by atoms with E-state index < -0.39 is 31.3 Å². The van der Waals surface area contributed by atoms with Gasteiger partial charge in [-0.3, -0.25) is 0 Å². The van der Waals surface area contributed by atoms with Gasteiger partial charge in [-0.05, 0) is 0 Å². The number of hydrogen-bond acceptors (Lipinski definition) is 8. The molecule has 0 saturated carbocycles. The van der Waals surface area contributed by atoms with Crippen LogP contribution < -0.4 is 0 Å². The van der Waals surface area contributed by atoms with Crippen molar-refractivity contribution in [2.24, 2.45) is 0 Å². The predicted octanol–water partition coefficient (Wildman–Crippen LogP) is -0.275. The summed E-state index contributed by atoms with van der Waals surface area (Å²) in [6.45, 7) is 0.566. The molecule has 0 rings (SSSR count). The zero-order valence-corrected chi connectivity index (χ0v) is 12.7. The summed E-state index contributed by atoms with van der Waals surface area (Å²) in [7, 11) is -10.6. The number of rotatable bonds is 2. The molecular formula is C5H8F6NiO8S2. The number of aliphatic hydroxyl groups is 1. The van der Waals surface area contributed by atoms with Crippen LogP contribution in [0.1, 0.15) is 0 Å². The Bertz CT molecular complexity index is 424. The summed E-state index contributed by atoms with van der Waals surface area (Å²) in [6.07, 6.45) is 0. The van der Waals surface area contributed by atoms with Gasteiger partial charge in [-0.1, -0.05) is 0 Å². The molecule has 0 aliphatic carbocycles. The summed E-state index contributed by atoms with van der Waals surface area (Å²) in [6, 6.07) is 0. The first-order valence-electron chi connectivity index (χ1n) is 4.06. The van der Waals surface area contributed by atoms with Crippen LogP contribution in [0.3, 0.4) is 0 Å². The molecule has 1 N–H and O–H groups in total. The smallest absolute Gasteiger partial charge is 0.741 e. The number of methoxy groups -OCH3 is 1. The maximum absolute atomic E-state index is 10.7. The van der Waals surface area contributed by atoms with Crippen molar-refractivity contribution in [3.05, 3.63) is 0 Å². The van der Waals surface area contributed by atoms with Crippen molar-refractivity contribution < 1.29 is 78.6 Å². The van der Waals surface area contributed by atoms with Gasteiger partial charge in [0.05, 0.1) is 13.2 Å². The first kappa shape index (κ1) is 29.8. The van der Waals surface area contributed by atoms with Gasteiger partial charge in [-0.25, -0.2) is 16.8 Å². The van der Waals surface area contributed by atoms with Crippen molar-refractivity contribution in [1.82, 2.24) is 0 Å². The van der Waals surface area contributed by atoms with Crippen LogP contribution in [0.4, 0.5) is 26.3 Å². The fraction of sp³-hybridized carbons (Fsp3) is 1.00. The van der Waals surface area contributed by atoms with E-state index in [0.29, 0.717) is 6.61 Å². The molecule has 8 nitrogen and oxygen atoms in total. The molecule has 0 heterocycles. The summed E-state index contributed by atoms with van der Waals surface area (Å²) < 4.78 is 122. The Morgan fingerprint density at radius 2 is 1.09 bits per heavy atom. The number of halogens is 6. The second kappa shape index (κ2) is 11.4. The van der Waals surface area contributed by atoms with Crippen LogP contribution in [-0.4, -0.2) is 62.4 Å². The van der Waals surface area contributed by atoms with Crippen molar-refractivity contribution in [2.75, 3.05) is 20.3 Å². The van der Waals surface area contributed by atoms with Gasteiger partial charge in [-0.15, -0.1) is 0 Å². The Kier molecular flexibility index (Phi) is 15.4. The fourth-order valence-electron chi connectivity index (χ4n) is 0.0913. The SMILES string of the molecule is COCCO.O=S(=O)([O-])C(F)(F)F.O=S(=O)([O-])C(F)(F)F.[Ni+2]. The summed E-state index contributed by atoms with van der Waals surface area (Å²) in [5, 5.41) is 7.94. The molecule has 0 fully saturated rings. The molecule has 0 aromatic heterocycles. The molecule has 0 radical (unpaired) electrons. The molecule has 0 aromatic carbocycles. The molecule has 0 saturated heterocycles. The molecule has 0 spiro atoms. The van der Waals surface area contributed by atoms with E-state index in [2.05, 4.69) is 4.74 Å². The molecule has 0 aliphatic heterocycles. The van der Waals surface area contributed by atoms with E-state index in [-0.39, 0.29) is 23.1 Å². The largest absolute Gasteiger partial charge is 2.00 e. The van der Waals surface area contributed by atoms with E-state index in [1.807, 2.05) is 0 Å². The van der Waals surface area contributed by atoms with Crippen molar-refractivity contribution >= 4 is 20.2 Å². The van der Waals surface area contributed by atoms with Crippen LogP contribution in [0.5, 0.6) is 0 Å². The Morgan fingerprint density at radius 3 is 1.09 bits per heavy atom. The van der Waals surface area contributed by atoms with E-state index in [1.165, 1.54) is 0 Å². The molecule has 0 aromatic rings. The predicted molar refractivity (Wildman–Crippen MR) is 50.5 cm³/mol. The molecule has 0 unspecified atom stereocenters. The number of alkyl halides is 6. The third kappa shape index (κ3) is 17.9. The van der Waals surface area contributed by atoms with E-state index in [9.17, 15) is 26.3 Å². The zero-order valence-electron chi connectivity index (χ0n) is 10.1. The van der Waals surface area contributed by atoms with Crippen LogP contribution in [0, 0.1) is 0 Å². The average Bonchev–Trinajstić information content (AvgIpc) is 2.13. The quantitative estimate of drug-likeness (QED) is 0.271. The van der Waals surface area contributed by atoms with Gasteiger partial charge in [0.15, 0.2) is 20.2 Å². The van der Waals surface area contributed by atoms with E-state index >= 15 is 0 Å². The third-order valence-electron chi connectivity index (χ3n) is 0.862. The second-order valence-corrected chi connectivity index (χ2v) is 5.26. The van der Waals surface area contributed by atoms with Crippen LogP contribution in [0.25, 0.3) is 0 Å². The molecule has 0 atom stereocenters. The van der Waals surface area contributed by atoms with Crippen LogP contribution in [0.15, 0.2) is 0 Å². The molecule has 22 heavy (non-hydrogen) atoms. The van der Waals surface area contributed by atoms with E-state index in [0.717, 1.165) is 0 Å².